The number of carbonyl (C=O) groups excluding carboxylic acids is 1. The van der Waals surface area contributed by atoms with Gasteiger partial charge in [0.15, 0.2) is 0 Å². The van der Waals surface area contributed by atoms with Crippen molar-refractivity contribution in [3.63, 3.8) is 0 Å². The van der Waals surface area contributed by atoms with Crippen molar-refractivity contribution in [3.8, 4) is 0 Å². The molecular formula is C14H29NO. The van der Waals surface area contributed by atoms with Gasteiger partial charge in [-0.25, -0.2) is 0 Å². The minimum Gasteiger partial charge on any atom is -0.369 e. The fraction of sp³-hybridized carbons (Fsp3) is 0.929. The van der Waals surface area contributed by atoms with Crippen molar-refractivity contribution >= 4 is 5.91 Å². The molecule has 0 aromatic heterocycles. The van der Waals surface area contributed by atoms with E-state index in [9.17, 15) is 4.79 Å². The van der Waals surface area contributed by atoms with Gasteiger partial charge in [-0.1, -0.05) is 47.0 Å². The second-order valence-electron chi connectivity index (χ2n) is 5.28. The third-order valence-electron chi connectivity index (χ3n) is 3.75. The highest BCUT2D eigenvalue weighted by atomic mass is 16.1. The quantitative estimate of drug-likeness (QED) is 0.640. The Bertz CT molecular complexity index is 191. The molecule has 1 amide bonds. The molecule has 16 heavy (non-hydrogen) atoms. The molecule has 0 bridgehead atoms. The van der Waals surface area contributed by atoms with E-state index in [-0.39, 0.29) is 11.8 Å². The van der Waals surface area contributed by atoms with E-state index in [4.69, 9.17) is 5.73 Å². The zero-order valence-corrected chi connectivity index (χ0v) is 11.5. The number of amides is 1. The molecule has 0 aliphatic rings. The number of rotatable bonds is 9. The summed E-state index contributed by atoms with van der Waals surface area (Å²) in [7, 11) is 0. The molecule has 0 aliphatic carbocycles. The van der Waals surface area contributed by atoms with Crippen molar-refractivity contribution in [2.24, 2.45) is 23.5 Å². The van der Waals surface area contributed by atoms with E-state index in [0.717, 1.165) is 31.1 Å². The monoisotopic (exact) mass is 227 g/mol. The Morgan fingerprint density at radius 2 is 1.44 bits per heavy atom. The van der Waals surface area contributed by atoms with Gasteiger partial charge in [-0.15, -0.1) is 0 Å². The van der Waals surface area contributed by atoms with Crippen LogP contribution in [0.1, 0.15) is 66.2 Å². The van der Waals surface area contributed by atoms with Gasteiger partial charge in [0.05, 0.1) is 0 Å². The molecule has 0 spiro atoms. The van der Waals surface area contributed by atoms with E-state index in [1.165, 1.54) is 19.3 Å². The van der Waals surface area contributed by atoms with Gasteiger partial charge in [-0.05, 0) is 31.1 Å². The lowest BCUT2D eigenvalue weighted by atomic mass is 9.89. The minimum absolute atomic E-state index is 0.0889. The average molecular weight is 227 g/mol. The molecule has 2 heteroatoms. The minimum atomic E-state index is -0.128. The largest absolute Gasteiger partial charge is 0.369 e. The van der Waals surface area contributed by atoms with Gasteiger partial charge in [0, 0.05) is 5.92 Å². The van der Waals surface area contributed by atoms with Gasteiger partial charge in [-0.2, -0.15) is 0 Å². The fourth-order valence-corrected chi connectivity index (χ4v) is 1.95. The van der Waals surface area contributed by atoms with Crippen molar-refractivity contribution in [1.29, 1.82) is 0 Å². The summed E-state index contributed by atoms with van der Waals surface area (Å²) in [5.74, 6) is 1.52. The summed E-state index contributed by atoms with van der Waals surface area (Å²) in [6, 6.07) is 0. The average Bonchev–Trinajstić information content (AvgIpc) is 2.26. The first kappa shape index (κ1) is 15.5. The summed E-state index contributed by atoms with van der Waals surface area (Å²) in [5, 5.41) is 0. The van der Waals surface area contributed by atoms with Gasteiger partial charge in [0.1, 0.15) is 0 Å². The lowest BCUT2D eigenvalue weighted by Crippen LogP contribution is -2.23. The van der Waals surface area contributed by atoms with Crippen molar-refractivity contribution in [2.45, 2.75) is 66.2 Å². The summed E-state index contributed by atoms with van der Waals surface area (Å²) in [6.07, 6.45) is 6.85. The smallest absolute Gasteiger partial charge is 0.220 e. The van der Waals surface area contributed by atoms with Crippen LogP contribution in [0.2, 0.25) is 0 Å². The van der Waals surface area contributed by atoms with Gasteiger partial charge >= 0.3 is 0 Å². The van der Waals surface area contributed by atoms with E-state index in [1.54, 1.807) is 0 Å². The number of primary amides is 1. The number of hydrogen-bond acceptors (Lipinski definition) is 1. The van der Waals surface area contributed by atoms with E-state index in [2.05, 4.69) is 20.8 Å². The van der Waals surface area contributed by atoms with E-state index >= 15 is 0 Å². The van der Waals surface area contributed by atoms with Crippen molar-refractivity contribution < 1.29 is 4.79 Å². The maximum atomic E-state index is 11.1. The predicted molar refractivity (Wildman–Crippen MR) is 70.1 cm³/mol. The Labute approximate surface area is 101 Å². The van der Waals surface area contributed by atoms with Gasteiger partial charge in [0.2, 0.25) is 5.91 Å². The second-order valence-corrected chi connectivity index (χ2v) is 5.28. The molecule has 2 N–H and O–H groups in total. The maximum Gasteiger partial charge on any atom is 0.220 e. The molecule has 0 radical (unpaired) electrons. The number of carbonyl (C=O) groups is 1. The van der Waals surface area contributed by atoms with Gasteiger partial charge in [0.25, 0.3) is 0 Å². The van der Waals surface area contributed by atoms with Crippen LogP contribution in [0.15, 0.2) is 0 Å². The standard InChI is InChI=1S/C14H29NO/c1-5-11(3)7-8-12(4)9-10-13(6-2)14(15)16/h11-13H,5-10H2,1-4H3,(H2,15,16). The Morgan fingerprint density at radius 1 is 0.938 bits per heavy atom. The van der Waals surface area contributed by atoms with Gasteiger partial charge < -0.3 is 5.73 Å². The van der Waals surface area contributed by atoms with Crippen LogP contribution >= 0.6 is 0 Å². The Kier molecular flexibility index (Phi) is 8.32. The zero-order chi connectivity index (χ0) is 12.6. The summed E-state index contributed by atoms with van der Waals surface area (Å²) in [4.78, 5) is 11.1. The lowest BCUT2D eigenvalue weighted by Gasteiger charge is -2.16. The Balaban J connectivity index is 3.71. The molecule has 0 aliphatic heterocycles. The van der Waals surface area contributed by atoms with Crippen LogP contribution in [0.4, 0.5) is 0 Å². The van der Waals surface area contributed by atoms with E-state index < -0.39 is 0 Å². The molecular weight excluding hydrogens is 198 g/mol. The predicted octanol–water partition coefficient (Wildman–Crippen LogP) is 3.74. The van der Waals surface area contributed by atoms with Crippen molar-refractivity contribution in [1.82, 2.24) is 0 Å². The van der Waals surface area contributed by atoms with Crippen molar-refractivity contribution in [3.05, 3.63) is 0 Å². The molecule has 0 aromatic carbocycles. The summed E-state index contributed by atoms with van der Waals surface area (Å²) >= 11 is 0. The van der Waals surface area contributed by atoms with Crippen LogP contribution in [0.5, 0.6) is 0 Å². The maximum absolute atomic E-state index is 11.1. The molecule has 2 nitrogen and oxygen atoms in total. The molecule has 0 heterocycles. The van der Waals surface area contributed by atoms with Crippen LogP contribution < -0.4 is 5.73 Å². The number of nitrogens with two attached hydrogens (primary N) is 1. The highest BCUT2D eigenvalue weighted by Crippen LogP contribution is 2.21. The Hall–Kier alpha value is -0.530. The van der Waals surface area contributed by atoms with Crippen LogP contribution in [0, 0.1) is 17.8 Å². The second kappa shape index (κ2) is 8.60. The molecule has 0 saturated carbocycles. The molecule has 0 saturated heterocycles. The highest BCUT2D eigenvalue weighted by molar-refractivity contribution is 5.76. The first-order valence-corrected chi connectivity index (χ1v) is 6.80. The van der Waals surface area contributed by atoms with Crippen LogP contribution in [-0.2, 0) is 4.79 Å². The zero-order valence-electron chi connectivity index (χ0n) is 11.5. The normalized spacial score (nSPS) is 16.8. The molecule has 0 fully saturated rings. The van der Waals surface area contributed by atoms with Gasteiger partial charge in [-0.3, -0.25) is 4.79 Å². The molecule has 3 unspecified atom stereocenters. The van der Waals surface area contributed by atoms with Crippen LogP contribution in [0.25, 0.3) is 0 Å². The summed E-state index contributed by atoms with van der Waals surface area (Å²) < 4.78 is 0. The molecule has 3 atom stereocenters. The van der Waals surface area contributed by atoms with Crippen LogP contribution in [0.3, 0.4) is 0 Å². The summed E-state index contributed by atoms with van der Waals surface area (Å²) in [5.41, 5.74) is 5.34. The van der Waals surface area contributed by atoms with Crippen molar-refractivity contribution in [2.75, 3.05) is 0 Å². The third kappa shape index (κ3) is 6.86. The first-order chi connectivity index (χ1) is 7.51. The number of hydrogen-bond donors (Lipinski definition) is 1. The SMILES string of the molecule is CCC(C)CCC(C)CCC(CC)C(N)=O. The van der Waals surface area contributed by atoms with E-state index in [0.29, 0.717) is 0 Å². The Morgan fingerprint density at radius 3 is 1.88 bits per heavy atom. The fourth-order valence-electron chi connectivity index (χ4n) is 1.95. The first-order valence-electron chi connectivity index (χ1n) is 6.80. The molecule has 0 rings (SSSR count). The molecule has 0 aromatic rings. The summed E-state index contributed by atoms with van der Waals surface area (Å²) in [6.45, 7) is 8.88. The highest BCUT2D eigenvalue weighted by Gasteiger charge is 2.14. The topological polar surface area (TPSA) is 43.1 Å². The molecule has 96 valence electrons. The van der Waals surface area contributed by atoms with Crippen LogP contribution in [-0.4, -0.2) is 5.91 Å². The lowest BCUT2D eigenvalue weighted by molar-refractivity contribution is -0.122. The third-order valence-corrected chi connectivity index (χ3v) is 3.75. The van der Waals surface area contributed by atoms with E-state index in [1.807, 2.05) is 6.92 Å².